The summed E-state index contributed by atoms with van der Waals surface area (Å²) in [5.74, 6) is 1.09. The minimum Gasteiger partial charge on any atom is -0.325 e. The van der Waals surface area contributed by atoms with Crippen molar-refractivity contribution in [3.05, 3.63) is 35.7 Å². The van der Waals surface area contributed by atoms with Crippen LogP contribution in [0.3, 0.4) is 0 Å². The molecule has 0 aliphatic heterocycles. The molecule has 2 aromatic rings. The Morgan fingerprint density at radius 1 is 1.17 bits per heavy atom. The number of Topliss-reactive ketones (excluding diaryl/α,β-unsaturated/α-hetero) is 1. The molecule has 1 N–H and O–H groups in total. The van der Waals surface area contributed by atoms with Crippen molar-refractivity contribution in [3.8, 4) is 0 Å². The number of ketones is 1. The Balaban J connectivity index is 2.05. The highest BCUT2D eigenvalue weighted by molar-refractivity contribution is 7.99. The highest BCUT2D eigenvalue weighted by Gasteiger charge is 2.22. The normalized spacial score (nSPS) is 12.2. The van der Waals surface area contributed by atoms with Crippen molar-refractivity contribution in [2.24, 2.45) is 0 Å². The number of hydrogen-bond donors (Lipinski definition) is 1. The molecule has 0 bridgehead atoms. The molecule has 158 valence electrons. The van der Waals surface area contributed by atoms with Gasteiger partial charge in [0, 0.05) is 17.8 Å². The van der Waals surface area contributed by atoms with E-state index in [9.17, 15) is 9.59 Å². The number of benzene rings is 1. The maximum absolute atomic E-state index is 12.4. The zero-order valence-electron chi connectivity index (χ0n) is 17.9. The van der Waals surface area contributed by atoms with E-state index in [4.69, 9.17) is 0 Å². The Morgan fingerprint density at radius 3 is 2.41 bits per heavy atom. The molecule has 1 atom stereocenters. The van der Waals surface area contributed by atoms with E-state index in [-0.39, 0.29) is 23.5 Å². The van der Waals surface area contributed by atoms with Crippen LogP contribution < -0.4 is 5.32 Å². The van der Waals surface area contributed by atoms with Crippen LogP contribution in [0.5, 0.6) is 0 Å². The van der Waals surface area contributed by atoms with Gasteiger partial charge in [0.05, 0.1) is 11.8 Å². The third-order valence-electron chi connectivity index (χ3n) is 4.70. The van der Waals surface area contributed by atoms with Crippen LogP contribution >= 0.6 is 11.8 Å². The first-order chi connectivity index (χ1) is 13.9. The monoisotopic (exact) mass is 417 g/mol. The van der Waals surface area contributed by atoms with Crippen molar-refractivity contribution in [2.75, 3.05) is 25.2 Å². The van der Waals surface area contributed by atoms with Crippen molar-refractivity contribution < 1.29 is 9.59 Å². The maximum atomic E-state index is 12.4. The lowest BCUT2D eigenvalue weighted by Gasteiger charge is -2.23. The zero-order valence-corrected chi connectivity index (χ0v) is 18.8. The molecular formula is C21H31N5O2S. The number of anilines is 1. The Hall–Kier alpha value is -2.19. The molecule has 8 heteroatoms. The largest absolute Gasteiger partial charge is 0.325 e. The van der Waals surface area contributed by atoms with Gasteiger partial charge >= 0.3 is 0 Å². The number of carbonyl (C=O) groups excluding carboxylic acids is 2. The second-order valence-electron chi connectivity index (χ2n) is 7.20. The summed E-state index contributed by atoms with van der Waals surface area (Å²) in [6.07, 6.45) is 3.06. The molecule has 1 amide bonds. The minimum absolute atomic E-state index is 0.00348. The van der Waals surface area contributed by atoms with Crippen molar-refractivity contribution >= 4 is 29.1 Å². The molecule has 0 fully saturated rings. The van der Waals surface area contributed by atoms with Crippen LogP contribution in [-0.4, -0.2) is 51.2 Å². The topological polar surface area (TPSA) is 80.1 Å². The molecule has 1 heterocycles. The van der Waals surface area contributed by atoms with Crippen molar-refractivity contribution in [1.82, 2.24) is 19.7 Å². The maximum Gasteiger partial charge on any atom is 0.234 e. The van der Waals surface area contributed by atoms with Gasteiger partial charge < -0.3 is 9.88 Å². The van der Waals surface area contributed by atoms with Crippen LogP contribution in [0.2, 0.25) is 0 Å². The summed E-state index contributed by atoms with van der Waals surface area (Å²) in [6.45, 7) is 6.66. The molecule has 29 heavy (non-hydrogen) atoms. The van der Waals surface area contributed by atoms with E-state index in [1.54, 1.807) is 24.3 Å². The van der Waals surface area contributed by atoms with E-state index in [0.717, 1.165) is 36.8 Å². The molecule has 0 aliphatic carbocycles. The van der Waals surface area contributed by atoms with Gasteiger partial charge in [-0.25, -0.2) is 0 Å². The average Bonchev–Trinajstić information content (AvgIpc) is 3.07. The highest BCUT2D eigenvalue weighted by Crippen LogP contribution is 2.26. The van der Waals surface area contributed by atoms with Gasteiger partial charge in [-0.2, -0.15) is 0 Å². The highest BCUT2D eigenvalue weighted by atomic mass is 32.2. The lowest BCUT2D eigenvalue weighted by atomic mass is 10.1. The van der Waals surface area contributed by atoms with E-state index < -0.39 is 0 Å². The Labute approximate surface area is 177 Å². The molecule has 0 aliphatic rings. The minimum atomic E-state index is -0.114. The molecule has 0 unspecified atom stereocenters. The number of carbonyl (C=O) groups is 2. The van der Waals surface area contributed by atoms with Crippen LogP contribution in [0.4, 0.5) is 5.69 Å². The smallest absolute Gasteiger partial charge is 0.234 e. The van der Waals surface area contributed by atoms with E-state index in [2.05, 4.69) is 38.8 Å². The van der Waals surface area contributed by atoms with Crippen LogP contribution in [0.1, 0.15) is 62.3 Å². The van der Waals surface area contributed by atoms with Crippen molar-refractivity contribution in [3.63, 3.8) is 0 Å². The summed E-state index contributed by atoms with van der Waals surface area (Å²) < 4.78 is 2.15. The number of aromatic nitrogens is 3. The number of hydrogen-bond acceptors (Lipinski definition) is 6. The Morgan fingerprint density at radius 2 is 1.86 bits per heavy atom. The lowest BCUT2D eigenvalue weighted by Crippen LogP contribution is -2.23. The number of amides is 1. The van der Waals surface area contributed by atoms with Gasteiger partial charge in [0.25, 0.3) is 0 Å². The number of unbranched alkanes of at least 4 members (excludes halogenated alkanes) is 1. The first kappa shape index (κ1) is 23.1. The fraction of sp³-hybridized carbons (Fsp3) is 0.524. The lowest BCUT2D eigenvalue weighted by molar-refractivity contribution is -0.113. The molecular weight excluding hydrogens is 386 g/mol. The van der Waals surface area contributed by atoms with E-state index in [0.29, 0.717) is 11.3 Å². The number of nitrogens with zero attached hydrogens (tertiary/aromatic N) is 4. The number of nitrogens with one attached hydrogen (secondary N) is 1. The molecule has 0 spiro atoms. The summed E-state index contributed by atoms with van der Waals surface area (Å²) in [7, 11) is 4.09. The Kier molecular flexibility index (Phi) is 8.85. The van der Waals surface area contributed by atoms with Crippen molar-refractivity contribution in [1.29, 1.82) is 0 Å². The van der Waals surface area contributed by atoms with E-state index in [1.165, 1.54) is 18.7 Å². The fourth-order valence-corrected chi connectivity index (χ4v) is 3.85. The Bertz CT molecular complexity index is 817. The second kappa shape index (κ2) is 11.1. The fourth-order valence-electron chi connectivity index (χ4n) is 3.07. The molecule has 0 saturated carbocycles. The third kappa shape index (κ3) is 6.40. The van der Waals surface area contributed by atoms with Gasteiger partial charge in [-0.1, -0.05) is 32.0 Å². The summed E-state index contributed by atoms with van der Waals surface area (Å²) >= 11 is 1.40. The van der Waals surface area contributed by atoms with Gasteiger partial charge in [0.2, 0.25) is 5.91 Å². The van der Waals surface area contributed by atoms with Crippen LogP contribution in [-0.2, 0) is 11.3 Å². The third-order valence-corrected chi connectivity index (χ3v) is 5.66. The average molecular weight is 418 g/mol. The van der Waals surface area contributed by atoms with Crippen LogP contribution in [0, 0.1) is 0 Å². The standard InChI is InChI=1S/C21H31N5O2S/c1-6-8-13-26-20(18(7-2)25(4)5)23-24-21(26)29-14-19(28)22-17-11-9-16(10-12-17)15(3)27/h9-12,18H,6-8,13-14H2,1-5H3,(H,22,28)/t18-/m0/s1. The predicted octanol–water partition coefficient (Wildman–Crippen LogP) is 4.02. The van der Waals surface area contributed by atoms with Crippen LogP contribution in [0.25, 0.3) is 0 Å². The molecule has 7 nitrogen and oxygen atoms in total. The van der Waals surface area contributed by atoms with Gasteiger partial charge in [0.1, 0.15) is 0 Å². The van der Waals surface area contributed by atoms with E-state index in [1.807, 2.05) is 14.1 Å². The molecule has 2 rings (SSSR count). The molecule has 0 saturated heterocycles. The molecule has 0 radical (unpaired) electrons. The second-order valence-corrected chi connectivity index (χ2v) is 8.15. The first-order valence-electron chi connectivity index (χ1n) is 10.0. The SMILES string of the molecule is CCCCn1c(SCC(=O)Nc2ccc(C(C)=O)cc2)nnc1[C@H](CC)N(C)C. The van der Waals surface area contributed by atoms with Gasteiger partial charge in [-0.3, -0.25) is 14.5 Å². The predicted molar refractivity (Wildman–Crippen MR) is 117 cm³/mol. The quantitative estimate of drug-likeness (QED) is 0.439. The van der Waals surface area contributed by atoms with Gasteiger partial charge in [-0.15, -0.1) is 10.2 Å². The molecule has 1 aromatic heterocycles. The van der Waals surface area contributed by atoms with Gasteiger partial charge in [0.15, 0.2) is 16.8 Å². The molecule has 1 aromatic carbocycles. The first-order valence-corrected chi connectivity index (χ1v) is 11.0. The summed E-state index contributed by atoms with van der Waals surface area (Å²) in [4.78, 5) is 25.9. The van der Waals surface area contributed by atoms with Gasteiger partial charge in [-0.05, 0) is 58.1 Å². The van der Waals surface area contributed by atoms with Crippen LogP contribution in [0.15, 0.2) is 29.4 Å². The van der Waals surface area contributed by atoms with Crippen molar-refractivity contribution in [2.45, 2.75) is 57.8 Å². The summed E-state index contributed by atoms with van der Waals surface area (Å²) in [5.41, 5.74) is 1.30. The zero-order chi connectivity index (χ0) is 21.4. The number of rotatable bonds is 11. The summed E-state index contributed by atoms with van der Waals surface area (Å²) in [6, 6.07) is 7.10. The number of thioether (sulfide) groups is 1. The van der Waals surface area contributed by atoms with E-state index >= 15 is 0 Å². The summed E-state index contributed by atoms with van der Waals surface area (Å²) in [5, 5.41) is 12.4.